The van der Waals surface area contributed by atoms with Gasteiger partial charge in [-0.2, -0.15) is 4.31 Å². The van der Waals surface area contributed by atoms with Crippen molar-refractivity contribution < 1.29 is 8.42 Å². The first kappa shape index (κ1) is 16.5. The quantitative estimate of drug-likeness (QED) is 0.734. The largest absolute Gasteiger partial charge is 0.243 e. The summed E-state index contributed by atoms with van der Waals surface area (Å²) in [5, 5.41) is 0. The summed E-state index contributed by atoms with van der Waals surface area (Å²) in [6.07, 6.45) is 2.30. The summed E-state index contributed by atoms with van der Waals surface area (Å²) >= 11 is 0. The van der Waals surface area contributed by atoms with Crippen molar-refractivity contribution in [2.45, 2.75) is 18.2 Å². The van der Waals surface area contributed by atoms with E-state index in [2.05, 4.69) is 6.58 Å². The Bertz CT molecular complexity index is 707. The molecule has 2 aromatic carbocycles. The number of rotatable bonds is 7. The molecule has 0 heterocycles. The van der Waals surface area contributed by atoms with Gasteiger partial charge in [0.25, 0.3) is 0 Å². The zero-order chi connectivity index (χ0) is 16.0. The van der Waals surface area contributed by atoms with Crippen LogP contribution >= 0.6 is 0 Å². The molecule has 22 heavy (non-hydrogen) atoms. The summed E-state index contributed by atoms with van der Waals surface area (Å²) in [5.41, 5.74) is 2.16. The molecular formula is C18H21NO2S. The first-order valence-electron chi connectivity index (χ1n) is 7.25. The van der Waals surface area contributed by atoms with Crippen LogP contribution < -0.4 is 0 Å². The van der Waals surface area contributed by atoms with Gasteiger partial charge in [-0.25, -0.2) is 8.42 Å². The van der Waals surface area contributed by atoms with Gasteiger partial charge in [0.1, 0.15) is 0 Å². The lowest BCUT2D eigenvalue weighted by Crippen LogP contribution is -2.33. The third-order valence-corrected chi connectivity index (χ3v) is 5.36. The molecule has 3 nitrogen and oxygen atoms in total. The zero-order valence-electron chi connectivity index (χ0n) is 12.8. The topological polar surface area (TPSA) is 37.4 Å². The molecule has 4 heteroatoms. The fourth-order valence-corrected chi connectivity index (χ4v) is 3.62. The van der Waals surface area contributed by atoms with E-state index in [0.717, 1.165) is 11.1 Å². The van der Waals surface area contributed by atoms with Crippen LogP contribution in [0.4, 0.5) is 0 Å². The molecule has 116 valence electrons. The molecule has 0 saturated heterocycles. The van der Waals surface area contributed by atoms with Crippen molar-refractivity contribution in [3.8, 4) is 0 Å². The summed E-state index contributed by atoms with van der Waals surface area (Å²) in [6, 6.07) is 16.8. The SMILES string of the molecule is C=CCN(CCc1ccccc1)S(=O)(=O)c1ccc(C)cc1. The Kier molecular flexibility index (Phi) is 5.52. The van der Waals surface area contributed by atoms with Crippen LogP contribution in [0.3, 0.4) is 0 Å². The fraction of sp³-hybridized carbons (Fsp3) is 0.222. The van der Waals surface area contributed by atoms with Crippen LogP contribution in [0.25, 0.3) is 0 Å². The molecule has 0 aliphatic rings. The Morgan fingerprint density at radius 2 is 1.68 bits per heavy atom. The molecule has 0 amide bonds. The third-order valence-electron chi connectivity index (χ3n) is 3.48. The highest BCUT2D eigenvalue weighted by molar-refractivity contribution is 7.89. The lowest BCUT2D eigenvalue weighted by atomic mass is 10.1. The Hall–Kier alpha value is -1.91. The molecule has 0 aromatic heterocycles. The summed E-state index contributed by atoms with van der Waals surface area (Å²) in [7, 11) is -3.49. The smallest absolute Gasteiger partial charge is 0.207 e. The molecule has 0 spiro atoms. The monoisotopic (exact) mass is 315 g/mol. The predicted octanol–water partition coefficient (Wildman–Crippen LogP) is 3.41. The summed E-state index contributed by atoms with van der Waals surface area (Å²) < 4.78 is 26.9. The van der Waals surface area contributed by atoms with Crippen molar-refractivity contribution in [2.24, 2.45) is 0 Å². The fourth-order valence-electron chi connectivity index (χ4n) is 2.21. The predicted molar refractivity (Wildman–Crippen MR) is 90.3 cm³/mol. The second-order valence-corrected chi connectivity index (χ2v) is 7.14. The van der Waals surface area contributed by atoms with Gasteiger partial charge in [0.05, 0.1) is 4.90 Å². The van der Waals surface area contributed by atoms with Crippen LogP contribution in [-0.2, 0) is 16.4 Å². The number of hydrogen-bond donors (Lipinski definition) is 0. The molecule has 2 aromatic rings. The number of nitrogens with zero attached hydrogens (tertiary/aromatic N) is 1. The van der Waals surface area contributed by atoms with Gasteiger partial charge in [-0.05, 0) is 31.0 Å². The van der Waals surface area contributed by atoms with Gasteiger partial charge >= 0.3 is 0 Å². The van der Waals surface area contributed by atoms with E-state index in [4.69, 9.17) is 0 Å². The van der Waals surface area contributed by atoms with Crippen molar-refractivity contribution in [2.75, 3.05) is 13.1 Å². The number of sulfonamides is 1. The first-order chi connectivity index (χ1) is 10.5. The van der Waals surface area contributed by atoms with Crippen molar-refractivity contribution in [1.82, 2.24) is 4.31 Å². The van der Waals surface area contributed by atoms with Crippen molar-refractivity contribution >= 4 is 10.0 Å². The van der Waals surface area contributed by atoms with Crippen molar-refractivity contribution in [1.29, 1.82) is 0 Å². The minimum atomic E-state index is -3.49. The van der Waals surface area contributed by atoms with Gasteiger partial charge in [-0.3, -0.25) is 0 Å². The minimum absolute atomic E-state index is 0.309. The van der Waals surface area contributed by atoms with Crippen molar-refractivity contribution in [3.05, 3.63) is 78.4 Å². The molecular weight excluding hydrogens is 294 g/mol. The van der Waals surface area contributed by atoms with Crippen LogP contribution in [0.5, 0.6) is 0 Å². The Balaban J connectivity index is 2.18. The van der Waals surface area contributed by atoms with Gasteiger partial charge in [0.15, 0.2) is 0 Å². The molecule has 0 aliphatic carbocycles. The highest BCUT2D eigenvalue weighted by Crippen LogP contribution is 2.17. The van der Waals surface area contributed by atoms with E-state index in [1.807, 2.05) is 49.4 Å². The Morgan fingerprint density at radius 3 is 2.27 bits per heavy atom. The van der Waals surface area contributed by atoms with Gasteiger partial charge in [-0.1, -0.05) is 54.1 Å². The highest BCUT2D eigenvalue weighted by Gasteiger charge is 2.22. The number of benzene rings is 2. The summed E-state index contributed by atoms with van der Waals surface area (Å²) in [5.74, 6) is 0. The first-order valence-corrected chi connectivity index (χ1v) is 8.69. The maximum Gasteiger partial charge on any atom is 0.243 e. The van der Waals surface area contributed by atoms with Gasteiger partial charge in [0.2, 0.25) is 10.0 Å². The average molecular weight is 315 g/mol. The third kappa shape index (κ3) is 4.06. The molecule has 0 bridgehead atoms. The molecule has 0 N–H and O–H groups in total. The molecule has 0 fully saturated rings. The Morgan fingerprint density at radius 1 is 1.05 bits per heavy atom. The molecule has 2 rings (SSSR count). The lowest BCUT2D eigenvalue weighted by Gasteiger charge is -2.21. The van der Waals surface area contributed by atoms with Crippen LogP contribution in [0, 0.1) is 6.92 Å². The number of hydrogen-bond acceptors (Lipinski definition) is 2. The maximum atomic E-state index is 12.7. The van der Waals surface area contributed by atoms with Gasteiger partial charge in [-0.15, -0.1) is 6.58 Å². The van der Waals surface area contributed by atoms with E-state index < -0.39 is 10.0 Å². The second kappa shape index (κ2) is 7.38. The second-order valence-electron chi connectivity index (χ2n) is 5.20. The molecule has 0 unspecified atom stereocenters. The summed E-state index contributed by atoms with van der Waals surface area (Å²) in [4.78, 5) is 0.327. The molecule has 0 radical (unpaired) electrons. The normalized spacial score (nSPS) is 11.5. The van der Waals surface area contributed by atoms with E-state index in [9.17, 15) is 8.42 Å². The summed E-state index contributed by atoms with van der Waals surface area (Å²) in [6.45, 7) is 6.35. The van der Waals surface area contributed by atoms with Crippen LogP contribution in [0.1, 0.15) is 11.1 Å². The Labute approximate surface area is 133 Å². The lowest BCUT2D eigenvalue weighted by molar-refractivity contribution is 0.445. The van der Waals surface area contributed by atoms with Crippen LogP contribution in [0.15, 0.2) is 72.1 Å². The van der Waals surface area contributed by atoms with Gasteiger partial charge in [0, 0.05) is 13.1 Å². The molecule has 0 aliphatic heterocycles. The van der Waals surface area contributed by atoms with Crippen molar-refractivity contribution in [3.63, 3.8) is 0 Å². The van der Waals surface area contributed by atoms with E-state index >= 15 is 0 Å². The van der Waals surface area contributed by atoms with E-state index in [0.29, 0.717) is 24.4 Å². The minimum Gasteiger partial charge on any atom is -0.207 e. The maximum absolute atomic E-state index is 12.7. The highest BCUT2D eigenvalue weighted by atomic mass is 32.2. The number of aryl methyl sites for hydroxylation is 1. The van der Waals surface area contributed by atoms with Crippen LogP contribution in [0.2, 0.25) is 0 Å². The molecule has 0 saturated carbocycles. The van der Waals surface area contributed by atoms with Gasteiger partial charge < -0.3 is 0 Å². The zero-order valence-corrected chi connectivity index (χ0v) is 13.6. The van der Waals surface area contributed by atoms with E-state index in [1.54, 1.807) is 18.2 Å². The standard InChI is InChI=1S/C18H21NO2S/c1-3-14-19(15-13-17-7-5-4-6-8-17)22(20,21)18-11-9-16(2)10-12-18/h3-12H,1,13-15H2,2H3. The molecule has 0 atom stereocenters. The van der Waals surface area contributed by atoms with Crippen LogP contribution in [-0.4, -0.2) is 25.8 Å². The van der Waals surface area contributed by atoms with E-state index in [-0.39, 0.29) is 0 Å². The average Bonchev–Trinajstić information content (AvgIpc) is 2.52. The van der Waals surface area contributed by atoms with E-state index in [1.165, 1.54) is 4.31 Å².